The molecule has 1 aliphatic carbocycles. The summed E-state index contributed by atoms with van der Waals surface area (Å²) in [6, 6.07) is 7.27. The first-order valence-electron chi connectivity index (χ1n) is 10.4. The van der Waals surface area contributed by atoms with Gasteiger partial charge in [-0.2, -0.15) is 0 Å². The van der Waals surface area contributed by atoms with Crippen molar-refractivity contribution in [1.29, 1.82) is 0 Å². The molecule has 1 aromatic heterocycles. The van der Waals surface area contributed by atoms with Crippen LogP contribution in [0.1, 0.15) is 32.0 Å². The number of aliphatic hydroxyl groups is 1. The van der Waals surface area contributed by atoms with Crippen molar-refractivity contribution in [2.24, 2.45) is 11.8 Å². The number of aryl methyl sites for hydroxylation is 2. The Morgan fingerprint density at radius 2 is 2.10 bits per heavy atom. The summed E-state index contributed by atoms with van der Waals surface area (Å²) in [5, 5.41) is 11.2. The van der Waals surface area contributed by atoms with Crippen LogP contribution in [0.4, 0.5) is 0 Å². The molecule has 0 radical (unpaired) electrons. The van der Waals surface area contributed by atoms with Crippen molar-refractivity contribution in [2.45, 2.75) is 51.4 Å². The summed E-state index contributed by atoms with van der Waals surface area (Å²) in [5.41, 5.74) is 0. The predicted molar refractivity (Wildman–Crippen MR) is 111 cm³/mol. The van der Waals surface area contributed by atoms with Crippen molar-refractivity contribution < 1.29 is 14.6 Å². The fourth-order valence-corrected chi connectivity index (χ4v) is 4.85. The van der Waals surface area contributed by atoms with Crippen LogP contribution in [0, 0.1) is 11.8 Å². The third-order valence-corrected chi connectivity index (χ3v) is 6.44. The number of carbonyl (C=O) groups excluding carboxylic acids is 1. The maximum Gasteiger partial charge on any atom is 0.224 e. The van der Waals surface area contributed by atoms with Crippen molar-refractivity contribution in [1.82, 2.24) is 14.5 Å². The number of carbonyl (C=O) groups is 1. The number of nitrogens with zero attached hydrogens (tertiary/aromatic N) is 3. The molecule has 0 spiro atoms. The number of hydrogen-bond donors (Lipinski definition) is 1. The highest BCUT2D eigenvalue weighted by molar-refractivity contribution is 6.30. The van der Waals surface area contributed by atoms with E-state index >= 15 is 0 Å². The molecule has 1 saturated heterocycles. The molecule has 2 aliphatic rings. The molecular formula is C22H28ClN3O3. The minimum Gasteiger partial charge on any atom is -0.488 e. The van der Waals surface area contributed by atoms with Crippen LogP contribution in [0.5, 0.6) is 5.75 Å². The van der Waals surface area contributed by atoms with Gasteiger partial charge in [0.2, 0.25) is 5.91 Å². The zero-order chi connectivity index (χ0) is 20.4. The van der Waals surface area contributed by atoms with Gasteiger partial charge in [0, 0.05) is 49.9 Å². The van der Waals surface area contributed by atoms with Gasteiger partial charge in [-0.1, -0.05) is 24.6 Å². The van der Waals surface area contributed by atoms with Gasteiger partial charge in [-0.15, -0.1) is 0 Å². The Labute approximate surface area is 176 Å². The number of hydrogen-bond acceptors (Lipinski definition) is 4. The summed E-state index contributed by atoms with van der Waals surface area (Å²) >= 11 is 6.04. The zero-order valence-electron chi connectivity index (χ0n) is 16.7. The van der Waals surface area contributed by atoms with Crippen LogP contribution in [0.25, 0.3) is 0 Å². The van der Waals surface area contributed by atoms with Crippen LogP contribution in [0.2, 0.25) is 5.02 Å². The molecule has 1 aromatic carbocycles. The third-order valence-electron chi connectivity index (χ3n) is 6.21. The second-order valence-corrected chi connectivity index (χ2v) is 8.55. The summed E-state index contributed by atoms with van der Waals surface area (Å²) in [6.45, 7) is 4.21. The number of benzene rings is 1. The van der Waals surface area contributed by atoms with E-state index in [1.54, 1.807) is 18.3 Å². The minimum atomic E-state index is -0.525. The van der Waals surface area contributed by atoms with Gasteiger partial charge >= 0.3 is 0 Å². The fraction of sp³-hybridized carbons (Fsp3) is 0.545. The third kappa shape index (κ3) is 4.59. The molecule has 29 heavy (non-hydrogen) atoms. The summed E-state index contributed by atoms with van der Waals surface area (Å²) in [4.78, 5) is 19.0. The van der Waals surface area contributed by atoms with Crippen LogP contribution in [-0.2, 0) is 17.8 Å². The fourth-order valence-electron chi connectivity index (χ4n) is 4.67. The first-order chi connectivity index (χ1) is 14.0. The molecule has 2 aromatic rings. The Balaban J connectivity index is 1.32. The molecule has 6 nitrogen and oxygen atoms in total. The van der Waals surface area contributed by atoms with Crippen molar-refractivity contribution >= 4 is 17.5 Å². The summed E-state index contributed by atoms with van der Waals surface area (Å²) in [7, 11) is 0. The summed E-state index contributed by atoms with van der Waals surface area (Å²) < 4.78 is 8.08. The summed E-state index contributed by atoms with van der Waals surface area (Å²) in [5.74, 6) is 2.57. The van der Waals surface area contributed by atoms with Gasteiger partial charge in [-0.05, 0) is 42.9 Å². The lowest BCUT2D eigenvalue weighted by Crippen LogP contribution is -2.42. The first-order valence-corrected chi connectivity index (χ1v) is 10.8. The van der Waals surface area contributed by atoms with Crippen LogP contribution in [0.3, 0.4) is 0 Å². The highest BCUT2D eigenvalue weighted by Gasteiger charge is 2.43. The van der Waals surface area contributed by atoms with Crippen molar-refractivity contribution in [2.75, 3.05) is 13.1 Å². The van der Waals surface area contributed by atoms with E-state index in [1.165, 1.54) is 0 Å². The van der Waals surface area contributed by atoms with Gasteiger partial charge < -0.3 is 19.3 Å². The number of likely N-dealkylation sites (tertiary alicyclic amines) is 1. The van der Waals surface area contributed by atoms with Gasteiger partial charge in [0.1, 0.15) is 17.7 Å². The molecular weight excluding hydrogens is 390 g/mol. The smallest absolute Gasteiger partial charge is 0.224 e. The highest BCUT2D eigenvalue weighted by Crippen LogP contribution is 2.38. The van der Waals surface area contributed by atoms with Gasteiger partial charge in [-0.3, -0.25) is 4.79 Å². The second-order valence-electron chi connectivity index (χ2n) is 8.11. The molecule has 156 valence electrons. The van der Waals surface area contributed by atoms with Crippen LogP contribution < -0.4 is 4.74 Å². The average molecular weight is 418 g/mol. The van der Waals surface area contributed by atoms with E-state index in [4.69, 9.17) is 16.3 Å². The van der Waals surface area contributed by atoms with Crippen LogP contribution >= 0.6 is 11.6 Å². The number of fused-ring (bicyclic) bond motifs is 1. The van der Waals surface area contributed by atoms with E-state index in [0.29, 0.717) is 42.0 Å². The second kappa shape index (κ2) is 8.76. The first kappa shape index (κ1) is 20.2. The van der Waals surface area contributed by atoms with Gasteiger partial charge in [0.05, 0.1) is 6.10 Å². The zero-order valence-corrected chi connectivity index (χ0v) is 17.5. The minimum absolute atomic E-state index is 0.178. The normalized spacial score (nSPS) is 26.4. The Morgan fingerprint density at radius 1 is 1.31 bits per heavy atom. The molecule has 2 fully saturated rings. The van der Waals surface area contributed by atoms with Gasteiger partial charge in [-0.25, -0.2) is 4.98 Å². The lowest BCUT2D eigenvalue weighted by molar-refractivity contribution is -0.130. The molecule has 4 atom stereocenters. The number of ether oxygens (including phenoxy) is 1. The summed E-state index contributed by atoms with van der Waals surface area (Å²) in [6.07, 6.45) is 5.70. The number of rotatable bonds is 6. The molecule has 1 aliphatic heterocycles. The average Bonchev–Trinajstić information content (AvgIpc) is 3.32. The maximum absolute atomic E-state index is 12.8. The van der Waals surface area contributed by atoms with Gasteiger partial charge in [0.25, 0.3) is 0 Å². The van der Waals surface area contributed by atoms with E-state index in [2.05, 4.69) is 16.5 Å². The molecule has 1 amide bonds. The van der Waals surface area contributed by atoms with E-state index in [0.717, 1.165) is 31.8 Å². The SMILES string of the molecule is CCc1nccn1CCC(=O)N1C[C@H]2C[C@@H](Oc3cccc(Cl)c3)[C@H](O)C[C@H]2C1. The Bertz CT molecular complexity index is 855. The largest absolute Gasteiger partial charge is 0.488 e. The molecule has 7 heteroatoms. The highest BCUT2D eigenvalue weighted by atomic mass is 35.5. The molecule has 1 N–H and O–H groups in total. The van der Waals surface area contributed by atoms with Gasteiger partial charge in [0.15, 0.2) is 0 Å². The Kier molecular flexibility index (Phi) is 6.11. The van der Waals surface area contributed by atoms with Crippen molar-refractivity contribution in [3.05, 3.63) is 47.5 Å². The molecule has 1 saturated carbocycles. The topological polar surface area (TPSA) is 67.6 Å². The lowest BCUT2D eigenvalue weighted by Gasteiger charge is -2.35. The number of aromatic nitrogens is 2. The van der Waals surface area contributed by atoms with Crippen molar-refractivity contribution in [3.63, 3.8) is 0 Å². The van der Waals surface area contributed by atoms with E-state index < -0.39 is 6.10 Å². The molecule has 0 unspecified atom stereocenters. The lowest BCUT2D eigenvalue weighted by atomic mass is 9.78. The standard InChI is InChI=1S/C22H28ClN3O3/c1-2-21-24-7-9-25(21)8-6-22(28)26-13-15-10-19(27)20(11-16(15)14-26)29-18-5-3-4-17(23)12-18/h3-5,7,9,12,15-16,19-20,27H,2,6,8,10-11,13-14H2,1H3/t15-,16+,19+,20+/m0/s1. The maximum atomic E-state index is 12.8. The Hall–Kier alpha value is -2.05. The quantitative estimate of drug-likeness (QED) is 0.783. The molecule has 0 bridgehead atoms. The Morgan fingerprint density at radius 3 is 2.86 bits per heavy atom. The number of aliphatic hydroxyl groups excluding tert-OH is 1. The van der Waals surface area contributed by atoms with Crippen LogP contribution in [-0.4, -0.2) is 50.8 Å². The van der Waals surface area contributed by atoms with E-state index in [9.17, 15) is 9.90 Å². The number of amides is 1. The predicted octanol–water partition coefficient (Wildman–Crippen LogP) is 3.17. The van der Waals surface area contributed by atoms with E-state index in [1.807, 2.05) is 23.2 Å². The van der Waals surface area contributed by atoms with E-state index in [-0.39, 0.29) is 12.0 Å². The number of halogens is 1. The monoisotopic (exact) mass is 417 g/mol. The van der Waals surface area contributed by atoms with Crippen LogP contribution in [0.15, 0.2) is 36.7 Å². The molecule has 2 heterocycles. The van der Waals surface area contributed by atoms with Crippen molar-refractivity contribution in [3.8, 4) is 5.75 Å². The number of imidazole rings is 1. The molecule has 4 rings (SSSR count).